The highest BCUT2D eigenvalue weighted by molar-refractivity contribution is 7.85. The summed E-state index contributed by atoms with van der Waals surface area (Å²) >= 11 is 0. The molecule has 0 aliphatic heterocycles. The fourth-order valence-electron chi connectivity index (χ4n) is 2.40. The first-order chi connectivity index (χ1) is 9.77. The quantitative estimate of drug-likeness (QED) is 0.421. The van der Waals surface area contributed by atoms with Gasteiger partial charge in [0, 0.05) is 28.4 Å². The molecule has 0 bridgehead atoms. The summed E-state index contributed by atoms with van der Waals surface area (Å²) in [5, 5.41) is 12.0. The molecule has 3 rings (SSSR count). The molecule has 1 heterocycles. The highest BCUT2D eigenvalue weighted by Crippen LogP contribution is 2.31. The van der Waals surface area contributed by atoms with E-state index in [1.807, 2.05) is 0 Å². The van der Waals surface area contributed by atoms with E-state index in [2.05, 4.69) is 4.98 Å². The Labute approximate surface area is 131 Å². The van der Waals surface area contributed by atoms with Gasteiger partial charge in [0.2, 0.25) is 0 Å². The summed E-state index contributed by atoms with van der Waals surface area (Å²) in [6.45, 7) is 1.70. The number of benzene rings is 2. The van der Waals surface area contributed by atoms with E-state index in [1.165, 1.54) is 24.3 Å². The Morgan fingerprint density at radius 1 is 1.18 bits per heavy atom. The summed E-state index contributed by atoms with van der Waals surface area (Å²) in [5.74, 6) is 0. The average Bonchev–Trinajstić information content (AvgIpc) is 2.76. The minimum Gasteiger partial charge on any atom is -0.354 e. The highest BCUT2D eigenvalue weighted by atomic mass is 35.5. The number of hydrogen-bond acceptors (Lipinski definition) is 4. The zero-order chi connectivity index (χ0) is 15.4. The maximum atomic E-state index is 11.3. The van der Waals surface area contributed by atoms with E-state index in [1.54, 1.807) is 13.0 Å². The molecule has 7 nitrogen and oxygen atoms in total. The van der Waals surface area contributed by atoms with Crippen LogP contribution in [-0.2, 0) is 10.1 Å². The molecule has 1 aromatic heterocycles. The third-order valence-electron chi connectivity index (χ3n) is 3.37. The first-order valence-electron chi connectivity index (χ1n) is 5.95. The van der Waals surface area contributed by atoms with Gasteiger partial charge in [-0.25, -0.2) is 0 Å². The highest BCUT2D eigenvalue weighted by Gasteiger charge is 2.16. The van der Waals surface area contributed by atoms with E-state index in [0.29, 0.717) is 27.4 Å². The molecule has 0 aliphatic rings. The summed E-state index contributed by atoms with van der Waals surface area (Å²) < 4.78 is 31.7. The van der Waals surface area contributed by atoms with Gasteiger partial charge in [-0.05, 0) is 30.7 Å². The van der Waals surface area contributed by atoms with Crippen LogP contribution >= 0.6 is 12.4 Å². The zero-order valence-corrected chi connectivity index (χ0v) is 12.9. The number of aromatic amines is 1. The number of aromatic nitrogens is 1. The first kappa shape index (κ1) is 16.2. The predicted octanol–water partition coefficient (Wildman–Crippen LogP) is 3.21. The van der Waals surface area contributed by atoms with Crippen molar-refractivity contribution >= 4 is 50.0 Å². The number of rotatable bonds is 2. The van der Waals surface area contributed by atoms with Crippen LogP contribution in [0.25, 0.3) is 21.8 Å². The van der Waals surface area contributed by atoms with Crippen molar-refractivity contribution < 1.29 is 17.9 Å². The van der Waals surface area contributed by atoms with Gasteiger partial charge in [-0.2, -0.15) is 8.42 Å². The molecular formula is C13H11ClN2O5S. The van der Waals surface area contributed by atoms with Gasteiger partial charge in [0.05, 0.1) is 15.3 Å². The molecule has 0 saturated heterocycles. The fourth-order valence-corrected chi connectivity index (χ4v) is 2.99. The van der Waals surface area contributed by atoms with Crippen LogP contribution in [0.1, 0.15) is 5.56 Å². The second-order valence-corrected chi connectivity index (χ2v) is 6.17. The van der Waals surface area contributed by atoms with Crippen LogP contribution in [0.4, 0.5) is 5.69 Å². The molecule has 0 atom stereocenters. The van der Waals surface area contributed by atoms with Crippen molar-refractivity contribution in [2.45, 2.75) is 11.8 Å². The van der Waals surface area contributed by atoms with Gasteiger partial charge in [-0.15, -0.1) is 12.4 Å². The van der Waals surface area contributed by atoms with Crippen molar-refractivity contribution in [2.24, 2.45) is 0 Å². The number of non-ortho nitro benzene ring substituents is 1. The molecule has 2 aromatic carbocycles. The Hall–Kier alpha value is -2.16. The van der Waals surface area contributed by atoms with Gasteiger partial charge >= 0.3 is 0 Å². The second-order valence-electron chi connectivity index (χ2n) is 4.75. The zero-order valence-electron chi connectivity index (χ0n) is 11.2. The number of nitro groups is 1. The molecule has 2 N–H and O–H groups in total. The molecule has 0 fully saturated rings. The summed E-state index contributed by atoms with van der Waals surface area (Å²) in [7, 11) is -4.31. The molecule has 3 aromatic rings. The van der Waals surface area contributed by atoms with Crippen molar-refractivity contribution in [3.63, 3.8) is 0 Å². The fraction of sp³-hybridized carbons (Fsp3) is 0.0769. The summed E-state index contributed by atoms with van der Waals surface area (Å²) in [6, 6.07) is 7.00. The number of nitrogens with one attached hydrogen (secondary N) is 1. The minimum atomic E-state index is -4.31. The lowest BCUT2D eigenvalue weighted by molar-refractivity contribution is -0.384. The van der Waals surface area contributed by atoms with E-state index < -0.39 is 15.0 Å². The van der Waals surface area contributed by atoms with Gasteiger partial charge in [-0.3, -0.25) is 14.7 Å². The lowest BCUT2D eigenvalue weighted by Gasteiger charge is -2.01. The Morgan fingerprint density at radius 3 is 2.45 bits per heavy atom. The van der Waals surface area contributed by atoms with Crippen LogP contribution in [0.15, 0.2) is 35.2 Å². The Morgan fingerprint density at radius 2 is 1.86 bits per heavy atom. The van der Waals surface area contributed by atoms with E-state index in [0.717, 1.165) is 0 Å². The number of hydrogen-bond donors (Lipinski definition) is 2. The largest absolute Gasteiger partial charge is 0.354 e. The van der Waals surface area contributed by atoms with Crippen molar-refractivity contribution in [3.8, 4) is 0 Å². The van der Waals surface area contributed by atoms with Crippen LogP contribution in [0.2, 0.25) is 0 Å². The summed E-state index contributed by atoms with van der Waals surface area (Å²) in [4.78, 5) is 13.1. The van der Waals surface area contributed by atoms with Gasteiger partial charge in [0.15, 0.2) is 0 Å². The Balaban J connectivity index is 0.00000176. The monoisotopic (exact) mass is 342 g/mol. The summed E-state index contributed by atoms with van der Waals surface area (Å²) in [5.41, 5.74) is 1.79. The van der Waals surface area contributed by atoms with E-state index >= 15 is 0 Å². The average molecular weight is 343 g/mol. The third-order valence-corrected chi connectivity index (χ3v) is 4.20. The molecule has 0 aliphatic carbocycles. The van der Waals surface area contributed by atoms with Gasteiger partial charge < -0.3 is 4.98 Å². The Bertz CT molecular complexity index is 1010. The van der Waals surface area contributed by atoms with Crippen LogP contribution in [0.3, 0.4) is 0 Å². The molecule has 9 heteroatoms. The topological polar surface area (TPSA) is 113 Å². The molecule has 0 radical (unpaired) electrons. The molecule has 22 heavy (non-hydrogen) atoms. The maximum absolute atomic E-state index is 11.3. The smallest absolute Gasteiger partial charge is 0.294 e. The van der Waals surface area contributed by atoms with Crippen molar-refractivity contribution in [1.82, 2.24) is 4.98 Å². The lowest BCUT2D eigenvalue weighted by atomic mass is 10.1. The van der Waals surface area contributed by atoms with Crippen molar-refractivity contribution in [2.75, 3.05) is 0 Å². The van der Waals surface area contributed by atoms with Crippen molar-refractivity contribution in [1.29, 1.82) is 0 Å². The number of aryl methyl sites for hydroxylation is 1. The first-order valence-corrected chi connectivity index (χ1v) is 7.39. The van der Waals surface area contributed by atoms with E-state index in [-0.39, 0.29) is 23.0 Å². The number of nitro benzene ring substituents is 1. The van der Waals surface area contributed by atoms with Crippen molar-refractivity contribution in [3.05, 3.63) is 46.0 Å². The van der Waals surface area contributed by atoms with Gasteiger partial charge in [0.1, 0.15) is 0 Å². The van der Waals surface area contributed by atoms with Gasteiger partial charge in [0.25, 0.3) is 15.8 Å². The van der Waals surface area contributed by atoms with Crippen LogP contribution in [0.5, 0.6) is 0 Å². The normalized spacial score (nSPS) is 11.5. The van der Waals surface area contributed by atoms with E-state index in [4.69, 9.17) is 0 Å². The predicted molar refractivity (Wildman–Crippen MR) is 84.3 cm³/mol. The minimum absolute atomic E-state index is 0. The number of H-pyrrole nitrogens is 1. The maximum Gasteiger partial charge on any atom is 0.294 e. The number of halogens is 1. The molecular weight excluding hydrogens is 332 g/mol. The lowest BCUT2D eigenvalue weighted by Crippen LogP contribution is -1.98. The third kappa shape index (κ3) is 2.52. The molecule has 0 amide bonds. The number of fused-ring (bicyclic) bond motifs is 3. The molecule has 0 unspecified atom stereocenters. The molecule has 0 saturated carbocycles. The molecule has 116 valence electrons. The van der Waals surface area contributed by atoms with Gasteiger partial charge in [-0.1, -0.05) is 0 Å². The molecule has 0 spiro atoms. The SMILES string of the molecule is Cc1cc(S(=O)(=O)O)cc2c1[nH]c1cc([N+](=O)[O-])ccc12.Cl. The number of nitrogens with zero attached hydrogens (tertiary/aromatic N) is 1. The van der Waals surface area contributed by atoms with Crippen LogP contribution < -0.4 is 0 Å². The second kappa shape index (κ2) is 5.24. The summed E-state index contributed by atoms with van der Waals surface area (Å²) in [6.07, 6.45) is 0. The Kier molecular flexibility index (Phi) is 3.86. The van der Waals surface area contributed by atoms with Crippen LogP contribution in [-0.4, -0.2) is 22.9 Å². The van der Waals surface area contributed by atoms with E-state index in [9.17, 15) is 23.1 Å². The standard InChI is InChI=1S/C13H10N2O5S.ClH/c1-7-4-9(21(18,19)20)6-11-10-3-2-8(15(16)17)5-12(10)14-13(7)11;/h2-6,14H,1H3,(H,18,19,20);1H. The van der Waals surface area contributed by atoms with Crippen LogP contribution in [0, 0.1) is 17.0 Å².